The molecule has 4 rings (SSSR count). The number of aliphatic hydroxyl groups excluding tert-OH is 3. The number of hydrogen-bond acceptors (Lipinski definition) is 8. The zero-order valence-electron chi connectivity index (χ0n) is 14.4. The molecule has 0 aliphatic carbocycles. The Morgan fingerprint density at radius 1 is 1.37 bits per heavy atom. The number of benzene rings is 1. The minimum atomic E-state index is -1.65. The molecule has 1 fully saturated rings. The number of hydrogen-bond donors (Lipinski definition) is 5. The first-order chi connectivity index (χ1) is 12.9. The van der Waals surface area contributed by atoms with Crippen LogP contribution in [0.15, 0.2) is 35.4 Å². The summed E-state index contributed by atoms with van der Waals surface area (Å²) in [6.45, 7) is 1.31. The van der Waals surface area contributed by atoms with Crippen LogP contribution in [0.5, 0.6) is 0 Å². The average Bonchev–Trinajstić information content (AvgIpc) is 3.17. The number of aliphatic hydroxyl groups is 3. The highest BCUT2D eigenvalue weighted by molar-refractivity contribution is 5.71. The third kappa shape index (κ3) is 2.38. The van der Waals surface area contributed by atoms with Crippen LogP contribution in [-0.4, -0.2) is 59.8 Å². The van der Waals surface area contributed by atoms with Crippen LogP contribution in [0.1, 0.15) is 11.1 Å². The Labute approximate surface area is 152 Å². The van der Waals surface area contributed by atoms with Crippen LogP contribution in [0.2, 0.25) is 0 Å². The minimum absolute atomic E-state index is 0.00916. The third-order valence-corrected chi connectivity index (χ3v) is 4.93. The predicted octanol–water partition coefficient (Wildman–Crippen LogP) is -1.18. The monoisotopic (exact) mass is 373 g/mol. The molecule has 10 nitrogen and oxygen atoms in total. The molecular weight excluding hydrogens is 354 g/mol. The van der Waals surface area contributed by atoms with Crippen LogP contribution in [0.25, 0.3) is 11.2 Å². The summed E-state index contributed by atoms with van der Waals surface area (Å²) in [5.41, 5.74) is 4.88. The zero-order valence-corrected chi connectivity index (χ0v) is 14.4. The first-order valence-electron chi connectivity index (χ1n) is 8.34. The number of ether oxygens (including phenoxy) is 1. The largest absolute Gasteiger partial charge is 0.394 e. The molecule has 142 valence electrons. The van der Waals surface area contributed by atoms with Crippen molar-refractivity contribution in [1.82, 2.24) is 19.5 Å². The second kappa shape index (κ2) is 6.13. The molecule has 0 amide bonds. The van der Waals surface area contributed by atoms with Gasteiger partial charge in [-0.15, -0.1) is 0 Å². The number of nitrogen functional groups attached to an aromatic ring is 1. The Morgan fingerprint density at radius 3 is 2.78 bits per heavy atom. The summed E-state index contributed by atoms with van der Waals surface area (Å²) in [6, 6.07) is 7.13. The van der Waals surface area contributed by atoms with E-state index in [9.17, 15) is 20.1 Å². The second-order valence-electron chi connectivity index (χ2n) is 6.52. The molecule has 2 aromatic heterocycles. The summed E-state index contributed by atoms with van der Waals surface area (Å²) in [5, 5.41) is 31.0. The Morgan fingerprint density at radius 2 is 2.11 bits per heavy atom. The molecule has 1 aliphatic rings. The lowest BCUT2D eigenvalue weighted by Gasteiger charge is -2.35. The van der Waals surface area contributed by atoms with E-state index in [-0.39, 0.29) is 17.1 Å². The third-order valence-electron chi connectivity index (χ3n) is 4.93. The SMILES string of the molecule is Cc1ccccc1[C@@]1(n2cnc3c(=O)[nH]c(N)nc32)O[C@H](CO)[C@@H](O)[C@H]1O. The fraction of sp³-hybridized carbons (Fsp3) is 0.353. The molecule has 0 spiro atoms. The predicted molar refractivity (Wildman–Crippen MR) is 94.8 cm³/mol. The lowest BCUT2D eigenvalue weighted by Crippen LogP contribution is -2.47. The van der Waals surface area contributed by atoms with Gasteiger partial charge in [-0.25, -0.2) is 4.98 Å². The van der Waals surface area contributed by atoms with E-state index < -0.39 is 36.2 Å². The van der Waals surface area contributed by atoms with Gasteiger partial charge in [-0.1, -0.05) is 24.3 Å². The maximum absolute atomic E-state index is 12.2. The number of H-pyrrole nitrogens is 1. The van der Waals surface area contributed by atoms with Gasteiger partial charge < -0.3 is 25.8 Å². The highest BCUT2D eigenvalue weighted by Gasteiger charge is 2.57. The van der Waals surface area contributed by atoms with Crippen LogP contribution in [0, 0.1) is 6.92 Å². The smallest absolute Gasteiger partial charge is 0.280 e. The van der Waals surface area contributed by atoms with Crippen molar-refractivity contribution in [2.24, 2.45) is 0 Å². The Hall–Kier alpha value is -2.79. The van der Waals surface area contributed by atoms with Crippen LogP contribution < -0.4 is 11.3 Å². The lowest BCUT2D eigenvalue weighted by atomic mass is 9.91. The molecule has 1 saturated heterocycles. The number of anilines is 1. The summed E-state index contributed by atoms with van der Waals surface area (Å²) >= 11 is 0. The number of rotatable bonds is 3. The Kier molecular flexibility index (Phi) is 4.00. The molecular formula is C17H19N5O5. The van der Waals surface area contributed by atoms with Crippen molar-refractivity contribution >= 4 is 17.1 Å². The highest BCUT2D eigenvalue weighted by Crippen LogP contribution is 2.43. The number of fused-ring (bicyclic) bond motifs is 1. The molecule has 1 aliphatic heterocycles. The Balaban J connectivity index is 2.07. The molecule has 0 saturated carbocycles. The van der Waals surface area contributed by atoms with Gasteiger partial charge in [0.25, 0.3) is 5.56 Å². The van der Waals surface area contributed by atoms with Crippen molar-refractivity contribution < 1.29 is 20.1 Å². The van der Waals surface area contributed by atoms with Gasteiger partial charge in [0.15, 0.2) is 11.2 Å². The normalized spacial score (nSPS) is 28.1. The number of nitrogens with zero attached hydrogens (tertiary/aromatic N) is 3. The molecule has 6 N–H and O–H groups in total. The maximum atomic E-state index is 12.2. The molecule has 3 heterocycles. The second-order valence-corrected chi connectivity index (χ2v) is 6.52. The summed E-state index contributed by atoms with van der Waals surface area (Å²) in [4.78, 5) is 22.7. The summed E-state index contributed by atoms with van der Waals surface area (Å²) in [5.74, 6) is -0.124. The quantitative estimate of drug-likeness (QED) is 0.384. The van der Waals surface area contributed by atoms with Crippen molar-refractivity contribution in [3.05, 3.63) is 52.1 Å². The van der Waals surface area contributed by atoms with Crippen molar-refractivity contribution in [3.63, 3.8) is 0 Å². The first kappa shape index (κ1) is 17.6. The molecule has 0 bridgehead atoms. The van der Waals surface area contributed by atoms with Crippen molar-refractivity contribution in [3.8, 4) is 0 Å². The highest BCUT2D eigenvalue weighted by atomic mass is 16.6. The van der Waals surface area contributed by atoms with E-state index >= 15 is 0 Å². The van der Waals surface area contributed by atoms with Gasteiger partial charge in [0.1, 0.15) is 24.6 Å². The van der Waals surface area contributed by atoms with Gasteiger partial charge in [0.05, 0.1) is 6.61 Å². The van der Waals surface area contributed by atoms with E-state index in [1.165, 1.54) is 10.9 Å². The lowest BCUT2D eigenvalue weighted by molar-refractivity contribution is -0.116. The fourth-order valence-corrected chi connectivity index (χ4v) is 3.65. The van der Waals surface area contributed by atoms with Gasteiger partial charge in [-0.3, -0.25) is 14.3 Å². The van der Waals surface area contributed by atoms with E-state index in [1.807, 2.05) is 19.1 Å². The Bertz CT molecular complexity index is 1060. The van der Waals surface area contributed by atoms with Crippen LogP contribution in [0.4, 0.5) is 5.95 Å². The molecule has 0 unspecified atom stereocenters. The van der Waals surface area contributed by atoms with E-state index in [0.29, 0.717) is 5.56 Å². The van der Waals surface area contributed by atoms with Gasteiger partial charge in [0, 0.05) is 5.56 Å². The number of aryl methyl sites for hydroxylation is 1. The van der Waals surface area contributed by atoms with E-state index in [0.717, 1.165) is 5.56 Å². The standard InChI is InChI=1S/C17H19N5O5/c1-8-4-2-3-5-9(8)17(13(25)12(24)10(6-23)27-17)22-7-19-11-14(22)20-16(18)21-15(11)26/h2-5,7,10,12-13,23-25H,6H2,1H3,(H3,18,20,21,26)/t10-,12-,13-,17-/m1/s1. The van der Waals surface area contributed by atoms with E-state index in [2.05, 4.69) is 15.0 Å². The summed E-state index contributed by atoms with van der Waals surface area (Å²) in [7, 11) is 0. The molecule has 1 aromatic carbocycles. The van der Waals surface area contributed by atoms with Crippen molar-refractivity contribution in [2.45, 2.75) is 31.0 Å². The van der Waals surface area contributed by atoms with Gasteiger partial charge in [0.2, 0.25) is 11.7 Å². The molecule has 10 heteroatoms. The van der Waals surface area contributed by atoms with E-state index in [1.54, 1.807) is 12.1 Å². The fourth-order valence-electron chi connectivity index (χ4n) is 3.65. The molecule has 27 heavy (non-hydrogen) atoms. The molecule has 0 radical (unpaired) electrons. The topological polar surface area (TPSA) is 160 Å². The molecule has 4 atom stereocenters. The maximum Gasteiger partial charge on any atom is 0.280 e. The number of nitrogens with one attached hydrogen (secondary N) is 1. The van der Waals surface area contributed by atoms with E-state index in [4.69, 9.17) is 10.5 Å². The van der Waals surface area contributed by atoms with Gasteiger partial charge >= 0.3 is 0 Å². The number of aromatic amines is 1. The average molecular weight is 373 g/mol. The van der Waals surface area contributed by atoms with Gasteiger partial charge in [-0.05, 0) is 12.5 Å². The zero-order chi connectivity index (χ0) is 19.3. The van der Waals surface area contributed by atoms with Crippen molar-refractivity contribution in [2.75, 3.05) is 12.3 Å². The number of aromatic nitrogens is 4. The summed E-state index contributed by atoms with van der Waals surface area (Å²) < 4.78 is 7.38. The first-order valence-corrected chi connectivity index (χ1v) is 8.34. The van der Waals surface area contributed by atoms with Crippen LogP contribution in [-0.2, 0) is 10.5 Å². The van der Waals surface area contributed by atoms with Gasteiger partial charge in [-0.2, -0.15) is 4.98 Å². The minimum Gasteiger partial charge on any atom is -0.394 e. The van der Waals surface area contributed by atoms with Crippen LogP contribution >= 0.6 is 0 Å². The summed E-state index contributed by atoms with van der Waals surface area (Å²) in [6.07, 6.45) is -2.58. The van der Waals surface area contributed by atoms with Crippen LogP contribution in [0.3, 0.4) is 0 Å². The molecule has 3 aromatic rings. The number of nitrogens with two attached hydrogens (primary N) is 1. The van der Waals surface area contributed by atoms with Crippen molar-refractivity contribution in [1.29, 1.82) is 0 Å². The number of imidazole rings is 1.